The fraction of sp³-hybridized carbons (Fsp3) is 0.182. The third kappa shape index (κ3) is 3.20. The first-order chi connectivity index (χ1) is 13.9. The molecule has 0 saturated heterocycles. The molecule has 4 rings (SSSR count). The van der Waals surface area contributed by atoms with Crippen molar-refractivity contribution < 1.29 is 14.6 Å². The molecule has 29 heavy (non-hydrogen) atoms. The van der Waals surface area contributed by atoms with Crippen LogP contribution < -0.4 is 4.74 Å². The van der Waals surface area contributed by atoms with E-state index in [9.17, 15) is 9.90 Å². The van der Waals surface area contributed by atoms with Crippen molar-refractivity contribution in [3.63, 3.8) is 0 Å². The number of rotatable bonds is 3. The summed E-state index contributed by atoms with van der Waals surface area (Å²) < 4.78 is 6.88. The first kappa shape index (κ1) is 18.6. The molecule has 2 aromatic carbocycles. The van der Waals surface area contributed by atoms with Gasteiger partial charge in [0.15, 0.2) is 5.69 Å². The van der Waals surface area contributed by atoms with Crippen molar-refractivity contribution in [2.45, 2.75) is 13.8 Å². The van der Waals surface area contributed by atoms with Crippen LogP contribution in [0.5, 0.6) is 11.6 Å². The van der Waals surface area contributed by atoms with Crippen LogP contribution in [0.25, 0.3) is 21.8 Å². The van der Waals surface area contributed by atoms with E-state index in [0.29, 0.717) is 27.9 Å². The molecule has 0 unspecified atom stereocenters. The molecule has 0 spiro atoms. The molecule has 1 amide bonds. The summed E-state index contributed by atoms with van der Waals surface area (Å²) in [4.78, 5) is 17.3. The molecule has 0 radical (unpaired) electrons. The van der Waals surface area contributed by atoms with Gasteiger partial charge in [0.2, 0.25) is 5.88 Å². The first-order valence-corrected chi connectivity index (χ1v) is 9.08. The summed E-state index contributed by atoms with van der Waals surface area (Å²) in [5.41, 5.74) is 3.86. The summed E-state index contributed by atoms with van der Waals surface area (Å²) in [6, 6.07) is 12.8. The van der Waals surface area contributed by atoms with Gasteiger partial charge in [-0.1, -0.05) is 11.6 Å². The third-order valence-corrected chi connectivity index (χ3v) is 4.91. The SMILES string of the molecule is COc1ccc2nc(C)cc(C(=O)N=Nc3c(O)n(C)c4ccc(C)cc34)c2c1. The van der Waals surface area contributed by atoms with E-state index in [0.717, 1.165) is 16.5 Å². The average Bonchev–Trinajstić information content (AvgIpc) is 2.94. The fourth-order valence-corrected chi connectivity index (χ4v) is 3.41. The topological polar surface area (TPSA) is 89.1 Å². The van der Waals surface area contributed by atoms with Crippen LogP contribution in [0.1, 0.15) is 21.6 Å². The number of azo groups is 1. The molecule has 1 N–H and O–H groups in total. The van der Waals surface area contributed by atoms with E-state index in [4.69, 9.17) is 4.74 Å². The van der Waals surface area contributed by atoms with Gasteiger partial charge in [-0.15, -0.1) is 10.2 Å². The number of carbonyl (C=O) groups is 1. The zero-order chi connectivity index (χ0) is 20.7. The fourth-order valence-electron chi connectivity index (χ4n) is 3.41. The molecular weight excluding hydrogens is 368 g/mol. The molecule has 7 nitrogen and oxygen atoms in total. The van der Waals surface area contributed by atoms with Crippen LogP contribution in [0.3, 0.4) is 0 Å². The highest BCUT2D eigenvalue weighted by molar-refractivity contribution is 6.07. The van der Waals surface area contributed by atoms with E-state index in [1.165, 1.54) is 0 Å². The van der Waals surface area contributed by atoms with Crippen LogP contribution in [0.2, 0.25) is 0 Å². The van der Waals surface area contributed by atoms with E-state index < -0.39 is 5.91 Å². The lowest BCUT2D eigenvalue weighted by molar-refractivity contribution is 0.0996. The van der Waals surface area contributed by atoms with E-state index in [1.54, 1.807) is 43.0 Å². The molecule has 0 saturated carbocycles. The van der Waals surface area contributed by atoms with Crippen molar-refractivity contribution in [1.29, 1.82) is 0 Å². The zero-order valence-electron chi connectivity index (χ0n) is 16.6. The first-order valence-electron chi connectivity index (χ1n) is 9.08. The molecule has 0 aliphatic carbocycles. The second-order valence-electron chi connectivity index (χ2n) is 6.95. The quantitative estimate of drug-likeness (QED) is 0.501. The summed E-state index contributed by atoms with van der Waals surface area (Å²) in [7, 11) is 3.30. The molecule has 0 fully saturated rings. The van der Waals surface area contributed by atoms with Crippen molar-refractivity contribution in [1.82, 2.24) is 9.55 Å². The zero-order valence-corrected chi connectivity index (χ0v) is 16.6. The summed E-state index contributed by atoms with van der Waals surface area (Å²) in [5, 5.41) is 19.8. The number of fused-ring (bicyclic) bond motifs is 2. The number of ether oxygens (including phenoxy) is 1. The Bertz CT molecular complexity index is 1300. The Morgan fingerprint density at radius 2 is 1.90 bits per heavy atom. The van der Waals surface area contributed by atoms with Gasteiger partial charge in [-0.2, -0.15) is 0 Å². The van der Waals surface area contributed by atoms with Crippen molar-refractivity contribution in [2.24, 2.45) is 17.3 Å². The van der Waals surface area contributed by atoms with Gasteiger partial charge in [0.25, 0.3) is 5.91 Å². The maximum absolute atomic E-state index is 12.9. The molecule has 4 aromatic rings. The third-order valence-electron chi connectivity index (χ3n) is 4.91. The second kappa shape index (κ2) is 7.01. The Hall–Kier alpha value is -3.74. The number of carbonyl (C=O) groups excluding carboxylic acids is 1. The number of amides is 1. The summed E-state index contributed by atoms with van der Waals surface area (Å²) in [5.74, 6) is 0.0636. The molecular formula is C22H20N4O3. The normalized spacial score (nSPS) is 11.6. The molecule has 2 aromatic heterocycles. The second-order valence-corrected chi connectivity index (χ2v) is 6.95. The van der Waals surface area contributed by atoms with Crippen molar-refractivity contribution >= 4 is 33.4 Å². The Kier molecular flexibility index (Phi) is 4.50. The van der Waals surface area contributed by atoms with Crippen LogP contribution >= 0.6 is 0 Å². The Morgan fingerprint density at radius 3 is 2.66 bits per heavy atom. The molecule has 2 heterocycles. The number of pyridine rings is 1. The van der Waals surface area contributed by atoms with E-state index in [-0.39, 0.29) is 11.6 Å². The minimum absolute atomic E-state index is 0.0420. The predicted molar refractivity (Wildman–Crippen MR) is 111 cm³/mol. The minimum Gasteiger partial charge on any atom is -0.497 e. The number of benzene rings is 2. The van der Waals surface area contributed by atoms with Crippen molar-refractivity contribution in [3.8, 4) is 11.6 Å². The maximum Gasteiger partial charge on any atom is 0.296 e. The highest BCUT2D eigenvalue weighted by Gasteiger charge is 2.17. The minimum atomic E-state index is -0.516. The highest BCUT2D eigenvalue weighted by Crippen LogP contribution is 2.38. The van der Waals surface area contributed by atoms with Crippen LogP contribution in [0.4, 0.5) is 5.69 Å². The average molecular weight is 388 g/mol. The number of nitrogens with zero attached hydrogens (tertiary/aromatic N) is 4. The van der Waals surface area contributed by atoms with Gasteiger partial charge in [-0.05, 0) is 50.2 Å². The van der Waals surface area contributed by atoms with Crippen molar-refractivity contribution in [2.75, 3.05) is 7.11 Å². The van der Waals surface area contributed by atoms with Gasteiger partial charge < -0.3 is 14.4 Å². The van der Waals surface area contributed by atoms with Gasteiger partial charge in [0.1, 0.15) is 5.75 Å². The van der Waals surface area contributed by atoms with Gasteiger partial charge in [-0.3, -0.25) is 9.78 Å². The lowest BCUT2D eigenvalue weighted by Gasteiger charge is -2.06. The number of hydrogen-bond acceptors (Lipinski definition) is 5. The number of methoxy groups -OCH3 is 1. The van der Waals surface area contributed by atoms with E-state index >= 15 is 0 Å². The van der Waals surface area contributed by atoms with Gasteiger partial charge in [-0.25, -0.2) is 0 Å². The molecule has 0 aliphatic heterocycles. The van der Waals surface area contributed by atoms with Gasteiger partial charge >= 0.3 is 0 Å². The molecule has 146 valence electrons. The van der Waals surface area contributed by atoms with Gasteiger partial charge in [0, 0.05) is 23.5 Å². The molecule has 0 atom stereocenters. The molecule has 0 aliphatic rings. The highest BCUT2D eigenvalue weighted by atomic mass is 16.5. The standard InChI is InChI=1S/C22H20N4O3/c1-12-5-8-19-17(9-12)20(22(28)26(19)3)24-25-21(27)16-10-13(2)23-18-7-6-14(29-4)11-15(16)18/h5-11,28H,1-4H3. The van der Waals surface area contributed by atoms with E-state index in [2.05, 4.69) is 15.2 Å². The smallest absolute Gasteiger partial charge is 0.296 e. The van der Waals surface area contributed by atoms with Crippen LogP contribution in [-0.2, 0) is 7.05 Å². The van der Waals surface area contributed by atoms with E-state index in [1.807, 2.05) is 32.0 Å². The lowest BCUT2D eigenvalue weighted by Crippen LogP contribution is -1.99. The summed E-state index contributed by atoms with van der Waals surface area (Å²) in [6.45, 7) is 3.77. The Balaban J connectivity index is 1.81. The maximum atomic E-state index is 12.9. The van der Waals surface area contributed by atoms with Crippen LogP contribution in [-0.4, -0.2) is 27.7 Å². The Morgan fingerprint density at radius 1 is 1.10 bits per heavy atom. The largest absolute Gasteiger partial charge is 0.497 e. The number of hydrogen-bond donors (Lipinski definition) is 1. The van der Waals surface area contributed by atoms with Crippen LogP contribution in [0.15, 0.2) is 52.7 Å². The molecule has 0 bridgehead atoms. The lowest BCUT2D eigenvalue weighted by atomic mass is 10.1. The number of aromatic hydroxyl groups is 1. The predicted octanol–water partition coefficient (Wildman–Crippen LogP) is 4.98. The summed E-state index contributed by atoms with van der Waals surface area (Å²) in [6.07, 6.45) is 0. The summed E-state index contributed by atoms with van der Waals surface area (Å²) >= 11 is 0. The molecule has 7 heteroatoms. The monoisotopic (exact) mass is 388 g/mol. The van der Waals surface area contributed by atoms with Gasteiger partial charge in [0.05, 0.1) is 23.7 Å². The number of aromatic nitrogens is 2. The Labute approximate surface area is 167 Å². The van der Waals surface area contributed by atoms with Crippen LogP contribution in [0, 0.1) is 13.8 Å². The van der Waals surface area contributed by atoms with Crippen molar-refractivity contribution in [3.05, 3.63) is 59.3 Å². The number of aryl methyl sites for hydroxylation is 3.